The van der Waals surface area contributed by atoms with E-state index < -0.39 is 0 Å². The zero-order chi connectivity index (χ0) is 22.6. The smallest absolute Gasteiger partial charge is 0.123 e. The number of nitrogens with zero attached hydrogens (tertiary/aromatic N) is 1. The molecule has 1 aliphatic carbocycles. The summed E-state index contributed by atoms with van der Waals surface area (Å²) in [6, 6.07) is 21.6. The summed E-state index contributed by atoms with van der Waals surface area (Å²) in [7, 11) is 0. The van der Waals surface area contributed by atoms with E-state index in [2.05, 4.69) is 90.1 Å². The fourth-order valence-corrected chi connectivity index (χ4v) is 4.65. The van der Waals surface area contributed by atoms with E-state index in [1.807, 2.05) is 12.1 Å². The molecule has 0 bridgehead atoms. The van der Waals surface area contributed by atoms with Crippen LogP contribution < -0.4 is 0 Å². The second-order valence-electron chi connectivity index (χ2n) is 10.8. The highest BCUT2D eigenvalue weighted by Gasteiger charge is 2.29. The molecule has 4 rings (SSSR count). The Labute approximate surface area is 186 Å². The predicted molar refractivity (Wildman–Crippen MR) is 128 cm³/mol. The van der Waals surface area contributed by atoms with Gasteiger partial charge in [0, 0.05) is 0 Å². The molecule has 2 nitrogen and oxygen atoms in total. The highest BCUT2D eigenvalue weighted by molar-refractivity contribution is 5.77. The maximum absolute atomic E-state index is 11.1. The molecule has 0 saturated heterocycles. The highest BCUT2D eigenvalue weighted by atomic mass is 16.3. The number of nitriles is 1. The van der Waals surface area contributed by atoms with Crippen LogP contribution in [0.1, 0.15) is 80.8 Å². The Kier molecular flexibility index (Phi) is 4.97. The Balaban J connectivity index is 1.84. The van der Waals surface area contributed by atoms with Gasteiger partial charge in [0.15, 0.2) is 0 Å². The molecule has 0 fully saturated rings. The van der Waals surface area contributed by atoms with Crippen molar-refractivity contribution < 1.29 is 5.11 Å². The van der Waals surface area contributed by atoms with Crippen molar-refractivity contribution in [3.8, 4) is 22.9 Å². The molecule has 158 valence electrons. The molecule has 0 amide bonds. The average Bonchev–Trinajstić information content (AvgIpc) is 3.05. The van der Waals surface area contributed by atoms with Crippen molar-refractivity contribution >= 4 is 0 Å². The summed E-state index contributed by atoms with van der Waals surface area (Å²) in [5.41, 5.74) is 8.50. The molecule has 0 aliphatic heterocycles. The minimum atomic E-state index is -0.378. The number of fused-ring (bicyclic) bond motifs is 3. The van der Waals surface area contributed by atoms with Crippen LogP contribution in [0.3, 0.4) is 0 Å². The van der Waals surface area contributed by atoms with Crippen molar-refractivity contribution in [1.82, 2.24) is 0 Å². The lowest BCUT2D eigenvalue weighted by Crippen LogP contribution is -2.18. The number of phenols is 1. The number of hydrogen-bond acceptors (Lipinski definition) is 2. The molecule has 0 aromatic heterocycles. The lowest BCUT2D eigenvalue weighted by molar-refractivity contribution is 0.422. The fourth-order valence-electron chi connectivity index (χ4n) is 4.65. The minimum absolute atomic E-state index is 0.223. The summed E-state index contributed by atoms with van der Waals surface area (Å²) in [4.78, 5) is 0. The molecule has 3 aromatic carbocycles. The molecule has 1 unspecified atom stereocenters. The van der Waals surface area contributed by atoms with Crippen LogP contribution in [-0.2, 0) is 17.3 Å². The summed E-state index contributed by atoms with van der Waals surface area (Å²) < 4.78 is 0. The molecular weight excluding hydrogens is 378 g/mol. The van der Waals surface area contributed by atoms with Crippen molar-refractivity contribution in [1.29, 1.82) is 5.26 Å². The van der Waals surface area contributed by atoms with Crippen molar-refractivity contribution in [2.75, 3.05) is 0 Å². The van der Waals surface area contributed by atoms with E-state index in [9.17, 15) is 10.4 Å². The third kappa shape index (κ3) is 3.74. The zero-order valence-electron chi connectivity index (χ0n) is 19.4. The maximum Gasteiger partial charge on any atom is 0.123 e. The predicted octanol–water partition coefficient (Wildman–Crippen LogP) is 7.21. The van der Waals surface area contributed by atoms with E-state index in [0.717, 1.165) is 28.7 Å². The fraction of sp³-hybridized carbons (Fsp3) is 0.345. The largest absolute Gasteiger partial charge is 0.507 e. The number of hydrogen-bond donors (Lipinski definition) is 1. The summed E-state index contributed by atoms with van der Waals surface area (Å²) >= 11 is 0. The van der Waals surface area contributed by atoms with Gasteiger partial charge in [0.2, 0.25) is 0 Å². The molecule has 2 heteroatoms. The second-order valence-corrected chi connectivity index (χ2v) is 10.8. The van der Waals surface area contributed by atoms with Gasteiger partial charge in [-0.1, -0.05) is 84.0 Å². The van der Waals surface area contributed by atoms with Gasteiger partial charge in [0.1, 0.15) is 5.75 Å². The lowest BCUT2D eigenvalue weighted by Gasteiger charge is -2.29. The maximum atomic E-state index is 11.1. The summed E-state index contributed by atoms with van der Waals surface area (Å²) in [5.74, 6) is -0.0262. The molecule has 3 aromatic rings. The normalized spacial score (nSPS) is 14.0. The SMILES string of the molecule is CC(C)(C)c1cc(C(C#N)c2ccc3c(c2)Cc2ccccc2-3)cc(C(C)(C)C)c1O. The van der Waals surface area contributed by atoms with Crippen LogP contribution in [0, 0.1) is 11.3 Å². The van der Waals surface area contributed by atoms with Gasteiger partial charge >= 0.3 is 0 Å². The molecule has 0 heterocycles. The third-order valence-corrected chi connectivity index (χ3v) is 6.36. The van der Waals surface area contributed by atoms with E-state index in [1.54, 1.807) is 0 Å². The van der Waals surface area contributed by atoms with E-state index in [0.29, 0.717) is 5.75 Å². The van der Waals surface area contributed by atoms with Crippen LogP contribution >= 0.6 is 0 Å². The number of rotatable bonds is 2. The quantitative estimate of drug-likeness (QED) is 0.380. The van der Waals surface area contributed by atoms with Crippen LogP contribution in [0.25, 0.3) is 11.1 Å². The third-order valence-electron chi connectivity index (χ3n) is 6.36. The Morgan fingerprint density at radius 1 is 0.774 bits per heavy atom. The van der Waals surface area contributed by atoms with Crippen molar-refractivity contribution in [3.63, 3.8) is 0 Å². The first kappa shape index (κ1) is 21.2. The van der Waals surface area contributed by atoms with Crippen LogP contribution in [0.5, 0.6) is 5.75 Å². The zero-order valence-corrected chi connectivity index (χ0v) is 19.4. The van der Waals surface area contributed by atoms with E-state index in [4.69, 9.17) is 0 Å². The topological polar surface area (TPSA) is 44.0 Å². The Morgan fingerprint density at radius 2 is 1.35 bits per heavy atom. The Hall–Kier alpha value is -3.05. The molecule has 1 N–H and O–H groups in total. The van der Waals surface area contributed by atoms with E-state index in [1.165, 1.54) is 22.3 Å². The molecule has 31 heavy (non-hydrogen) atoms. The monoisotopic (exact) mass is 409 g/mol. The molecule has 0 radical (unpaired) electrons. The van der Waals surface area contributed by atoms with Gasteiger partial charge in [-0.05, 0) is 73.9 Å². The molecule has 1 atom stereocenters. The van der Waals surface area contributed by atoms with Crippen LogP contribution in [-0.4, -0.2) is 5.11 Å². The Bertz CT molecular complexity index is 1160. The average molecular weight is 410 g/mol. The van der Waals surface area contributed by atoms with Crippen LogP contribution in [0.15, 0.2) is 54.6 Å². The lowest BCUT2D eigenvalue weighted by atomic mass is 9.76. The number of aromatic hydroxyl groups is 1. The van der Waals surface area contributed by atoms with Crippen molar-refractivity contribution in [3.05, 3.63) is 88.0 Å². The van der Waals surface area contributed by atoms with Gasteiger partial charge in [0.25, 0.3) is 0 Å². The summed E-state index contributed by atoms with van der Waals surface area (Å²) in [6.45, 7) is 12.6. The first-order valence-electron chi connectivity index (χ1n) is 11.0. The van der Waals surface area contributed by atoms with Gasteiger partial charge in [-0.2, -0.15) is 5.26 Å². The molecule has 1 aliphatic rings. The van der Waals surface area contributed by atoms with Gasteiger partial charge in [-0.3, -0.25) is 0 Å². The highest BCUT2D eigenvalue weighted by Crippen LogP contribution is 2.43. The molecule has 0 spiro atoms. The van der Waals surface area contributed by atoms with Gasteiger partial charge in [-0.15, -0.1) is 0 Å². The van der Waals surface area contributed by atoms with Crippen LogP contribution in [0.2, 0.25) is 0 Å². The Morgan fingerprint density at radius 3 is 1.94 bits per heavy atom. The number of phenolic OH excluding ortho intramolecular Hbond substituents is 1. The first-order chi connectivity index (χ1) is 14.5. The van der Waals surface area contributed by atoms with Crippen molar-refractivity contribution in [2.24, 2.45) is 0 Å². The summed E-state index contributed by atoms with van der Waals surface area (Å²) in [5, 5.41) is 21.3. The van der Waals surface area contributed by atoms with Crippen molar-refractivity contribution in [2.45, 2.75) is 64.7 Å². The van der Waals surface area contributed by atoms with Gasteiger partial charge in [0.05, 0.1) is 12.0 Å². The minimum Gasteiger partial charge on any atom is -0.507 e. The van der Waals surface area contributed by atoms with Gasteiger partial charge < -0.3 is 5.11 Å². The standard InChI is InChI=1S/C29H31NO/c1-28(2,3)25-15-21(16-26(27(25)31)29(4,5)6)24(17-30)19-11-12-23-20(14-19)13-18-9-7-8-10-22(18)23/h7-12,14-16,24,31H,13H2,1-6H3. The van der Waals surface area contributed by atoms with Gasteiger partial charge in [-0.25, -0.2) is 0 Å². The second kappa shape index (κ2) is 7.27. The van der Waals surface area contributed by atoms with Crippen LogP contribution in [0.4, 0.5) is 0 Å². The van der Waals surface area contributed by atoms with E-state index >= 15 is 0 Å². The molecule has 0 saturated carbocycles. The molecular formula is C29H31NO. The van der Waals surface area contributed by atoms with E-state index in [-0.39, 0.29) is 16.7 Å². The first-order valence-corrected chi connectivity index (χ1v) is 11.0. The number of benzene rings is 3. The summed E-state index contributed by atoms with van der Waals surface area (Å²) in [6.07, 6.45) is 0.910.